The predicted octanol–water partition coefficient (Wildman–Crippen LogP) is 1.26. The summed E-state index contributed by atoms with van der Waals surface area (Å²) in [5.41, 5.74) is 2.32. The van der Waals surface area contributed by atoms with Gasteiger partial charge >= 0.3 is 0 Å². The summed E-state index contributed by atoms with van der Waals surface area (Å²) < 4.78 is 2.14. The predicted molar refractivity (Wildman–Crippen MR) is 42.5 cm³/mol. The van der Waals surface area contributed by atoms with E-state index in [0.29, 0.717) is 0 Å². The van der Waals surface area contributed by atoms with Crippen LogP contribution in [0.25, 0.3) is 5.65 Å². The van der Waals surface area contributed by atoms with E-state index in [4.69, 9.17) is 0 Å². The molecule has 0 saturated carbocycles. The molecule has 0 unspecified atom stereocenters. The number of nitrogens with zero attached hydrogens (tertiary/aromatic N) is 2. The highest BCUT2D eigenvalue weighted by Crippen LogP contribution is 2.20. The van der Waals surface area contributed by atoms with Gasteiger partial charge in [0.05, 0.1) is 12.7 Å². The van der Waals surface area contributed by atoms with Crippen molar-refractivity contribution in [1.29, 1.82) is 0 Å². The molecule has 0 amide bonds. The molecule has 0 aliphatic carbocycles. The highest BCUT2D eigenvalue weighted by Gasteiger charge is 2.12. The lowest BCUT2D eigenvalue weighted by Gasteiger charge is -1.93. The van der Waals surface area contributed by atoms with Crippen molar-refractivity contribution in [2.24, 2.45) is 0 Å². The smallest absolute Gasteiger partial charge is 0.138 e. The number of anilines is 1. The molecule has 2 aromatic rings. The second-order valence-electron chi connectivity index (χ2n) is 2.71. The Morgan fingerprint density at radius 2 is 2.45 bits per heavy atom. The van der Waals surface area contributed by atoms with Crippen LogP contribution in [0, 0.1) is 0 Å². The number of nitrogens with one attached hydrogen (secondary N) is 1. The van der Waals surface area contributed by atoms with Crippen molar-refractivity contribution in [2.75, 3.05) is 5.32 Å². The molecule has 11 heavy (non-hydrogen) atoms. The molecule has 0 atom stereocenters. The number of pyridine rings is 1. The Balaban J connectivity index is 2.61. The first-order valence-electron chi connectivity index (χ1n) is 3.64. The van der Waals surface area contributed by atoms with Gasteiger partial charge in [-0.1, -0.05) is 6.07 Å². The summed E-state index contributed by atoms with van der Waals surface area (Å²) >= 11 is 0. The van der Waals surface area contributed by atoms with E-state index >= 15 is 0 Å². The molecule has 1 aliphatic heterocycles. The Morgan fingerprint density at radius 1 is 1.45 bits per heavy atom. The second kappa shape index (κ2) is 1.56. The molecule has 3 heteroatoms. The first-order valence-corrected chi connectivity index (χ1v) is 3.64. The van der Waals surface area contributed by atoms with Crippen molar-refractivity contribution in [1.82, 2.24) is 9.38 Å². The summed E-state index contributed by atoms with van der Waals surface area (Å²) in [7, 11) is 0. The summed E-state index contributed by atoms with van der Waals surface area (Å²) in [6.45, 7) is 0.926. The van der Waals surface area contributed by atoms with Crippen LogP contribution in [-0.4, -0.2) is 9.38 Å². The normalized spacial score (nSPS) is 13.8. The molecule has 54 valence electrons. The monoisotopic (exact) mass is 145 g/mol. The van der Waals surface area contributed by atoms with Crippen LogP contribution in [0.5, 0.6) is 0 Å². The van der Waals surface area contributed by atoms with E-state index in [1.807, 2.05) is 18.3 Å². The zero-order chi connectivity index (χ0) is 7.26. The van der Waals surface area contributed by atoms with E-state index in [-0.39, 0.29) is 0 Å². The Bertz CT molecular complexity index is 416. The molecular weight excluding hydrogens is 138 g/mol. The van der Waals surface area contributed by atoms with Crippen LogP contribution in [0.3, 0.4) is 0 Å². The van der Waals surface area contributed by atoms with E-state index < -0.39 is 0 Å². The van der Waals surface area contributed by atoms with Crippen LogP contribution >= 0.6 is 0 Å². The quantitative estimate of drug-likeness (QED) is 0.604. The van der Waals surface area contributed by atoms with Crippen molar-refractivity contribution in [3.05, 3.63) is 30.1 Å². The van der Waals surface area contributed by atoms with Gasteiger partial charge in [-0.05, 0) is 12.1 Å². The fraction of sp³-hybridized carbons (Fsp3) is 0.125. The molecule has 0 spiro atoms. The standard InChI is InChI=1S/C8H7N3/c1-2-6-4-9-8-5-10-7(3-1)11(6)8/h1-3,5,9H,4H2. The van der Waals surface area contributed by atoms with Gasteiger partial charge in [0.1, 0.15) is 11.5 Å². The first kappa shape index (κ1) is 5.18. The first-order chi connectivity index (χ1) is 5.45. The van der Waals surface area contributed by atoms with E-state index in [9.17, 15) is 0 Å². The zero-order valence-corrected chi connectivity index (χ0v) is 5.91. The fourth-order valence-electron chi connectivity index (χ4n) is 1.55. The van der Waals surface area contributed by atoms with Gasteiger partial charge < -0.3 is 5.32 Å². The SMILES string of the molecule is c1cc2n3c(cnc3c1)NC2. The molecule has 3 heterocycles. The van der Waals surface area contributed by atoms with Crippen LogP contribution in [0.2, 0.25) is 0 Å². The largest absolute Gasteiger partial charge is 0.364 e. The van der Waals surface area contributed by atoms with Crippen molar-refractivity contribution in [3.63, 3.8) is 0 Å². The van der Waals surface area contributed by atoms with Crippen LogP contribution in [0.15, 0.2) is 24.4 Å². The average Bonchev–Trinajstić information content (AvgIpc) is 2.60. The molecule has 1 N–H and O–H groups in total. The van der Waals surface area contributed by atoms with Gasteiger partial charge in [0, 0.05) is 5.69 Å². The lowest BCUT2D eigenvalue weighted by atomic mass is 10.3. The van der Waals surface area contributed by atoms with Gasteiger partial charge in [0.25, 0.3) is 0 Å². The van der Waals surface area contributed by atoms with Gasteiger partial charge in [-0.2, -0.15) is 0 Å². The Hall–Kier alpha value is -1.51. The van der Waals surface area contributed by atoms with E-state index in [2.05, 4.69) is 20.8 Å². The van der Waals surface area contributed by atoms with Crippen LogP contribution < -0.4 is 5.32 Å². The lowest BCUT2D eigenvalue weighted by Crippen LogP contribution is -1.90. The summed E-state index contributed by atoms with van der Waals surface area (Å²) in [5.74, 6) is 1.11. The Labute approximate surface area is 63.7 Å². The van der Waals surface area contributed by atoms with Gasteiger partial charge in [-0.25, -0.2) is 4.98 Å². The van der Waals surface area contributed by atoms with Gasteiger partial charge in [0.15, 0.2) is 0 Å². The molecule has 0 saturated heterocycles. The minimum absolute atomic E-state index is 0.926. The molecule has 0 aromatic carbocycles. The second-order valence-corrected chi connectivity index (χ2v) is 2.71. The molecule has 0 radical (unpaired) electrons. The summed E-state index contributed by atoms with van der Waals surface area (Å²) in [5, 5.41) is 3.25. The lowest BCUT2D eigenvalue weighted by molar-refractivity contribution is 1.10. The minimum atomic E-state index is 0.926. The third kappa shape index (κ3) is 0.510. The molecule has 3 rings (SSSR count). The van der Waals surface area contributed by atoms with Crippen LogP contribution in [0.4, 0.5) is 5.82 Å². The number of hydrogen-bond donors (Lipinski definition) is 1. The summed E-state index contributed by atoms with van der Waals surface area (Å²) in [6.07, 6.45) is 1.87. The number of imidazole rings is 1. The fourth-order valence-corrected chi connectivity index (χ4v) is 1.55. The number of rotatable bonds is 0. The highest BCUT2D eigenvalue weighted by molar-refractivity contribution is 5.55. The Kier molecular flexibility index (Phi) is 0.733. The molecule has 3 nitrogen and oxygen atoms in total. The van der Waals surface area contributed by atoms with Crippen molar-refractivity contribution in [3.8, 4) is 0 Å². The highest BCUT2D eigenvalue weighted by atomic mass is 15.2. The maximum absolute atomic E-state index is 4.23. The van der Waals surface area contributed by atoms with Gasteiger partial charge in [-0.15, -0.1) is 0 Å². The maximum atomic E-state index is 4.23. The number of aromatic nitrogens is 2. The Morgan fingerprint density at radius 3 is 3.45 bits per heavy atom. The molecule has 0 fully saturated rings. The summed E-state index contributed by atoms with van der Waals surface area (Å²) in [6, 6.07) is 6.16. The third-order valence-electron chi connectivity index (χ3n) is 2.06. The minimum Gasteiger partial charge on any atom is -0.364 e. The van der Waals surface area contributed by atoms with Gasteiger partial charge in [-0.3, -0.25) is 4.40 Å². The molecule has 1 aliphatic rings. The molecule has 0 bridgehead atoms. The molecular formula is C8H7N3. The van der Waals surface area contributed by atoms with E-state index in [1.165, 1.54) is 5.69 Å². The van der Waals surface area contributed by atoms with Crippen molar-refractivity contribution in [2.45, 2.75) is 6.54 Å². The van der Waals surface area contributed by atoms with E-state index in [1.54, 1.807) is 0 Å². The average molecular weight is 145 g/mol. The van der Waals surface area contributed by atoms with Crippen molar-refractivity contribution >= 4 is 11.5 Å². The van der Waals surface area contributed by atoms with Crippen LogP contribution in [-0.2, 0) is 6.54 Å². The third-order valence-corrected chi connectivity index (χ3v) is 2.06. The summed E-state index contributed by atoms with van der Waals surface area (Å²) in [4.78, 5) is 4.23. The van der Waals surface area contributed by atoms with Crippen molar-refractivity contribution < 1.29 is 0 Å². The molecule has 2 aromatic heterocycles. The van der Waals surface area contributed by atoms with Crippen LogP contribution in [0.1, 0.15) is 5.69 Å². The van der Waals surface area contributed by atoms with E-state index in [0.717, 1.165) is 18.0 Å². The maximum Gasteiger partial charge on any atom is 0.138 e. The topological polar surface area (TPSA) is 29.3 Å². The van der Waals surface area contributed by atoms with Gasteiger partial charge in [0.2, 0.25) is 0 Å². The zero-order valence-electron chi connectivity index (χ0n) is 5.91. The number of hydrogen-bond acceptors (Lipinski definition) is 2.